The van der Waals surface area contributed by atoms with Gasteiger partial charge < -0.3 is 10.0 Å². The van der Waals surface area contributed by atoms with E-state index in [-0.39, 0.29) is 12.5 Å². The van der Waals surface area contributed by atoms with Gasteiger partial charge in [-0.05, 0) is 12.2 Å². The van der Waals surface area contributed by atoms with Gasteiger partial charge in [0.1, 0.15) is 0 Å². The summed E-state index contributed by atoms with van der Waals surface area (Å²) in [5.41, 5.74) is 0. The molecule has 0 saturated carbocycles. The van der Waals surface area contributed by atoms with Crippen molar-refractivity contribution in [2.24, 2.45) is 0 Å². The van der Waals surface area contributed by atoms with Crippen LogP contribution in [-0.4, -0.2) is 52.7 Å². The van der Waals surface area contributed by atoms with Crippen molar-refractivity contribution in [2.45, 2.75) is 0 Å². The normalized spacial score (nSPS) is 18.4. The van der Waals surface area contributed by atoms with Gasteiger partial charge >= 0.3 is 0 Å². The van der Waals surface area contributed by atoms with Crippen molar-refractivity contribution in [3.8, 4) is 0 Å². The number of β-amino-alcohol motifs (C(OH)–C–C–N with tert-alkyl or cyclic N) is 1. The lowest BCUT2D eigenvalue weighted by Crippen LogP contribution is -2.33. The molecule has 0 aromatic heterocycles. The van der Waals surface area contributed by atoms with E-state index in [1.165, 1.54) is 4.90 Å². The zero-order valence-electron chi connectivity index (χ0n) is 6.28. The Kier molecular flexibility index (Phi) is 2.41. The highest BCUT2D eigenvalue weighted by Crippen LogP contribution is 2.06. The topological polar surface area (TPSA) is 43.8 Å². The van der Waals surface area contributed by atoms with Gasteiger partial charge in [0.2, 0.25) is 5.91 Å². The molecule has 0 radical (unpaired) electrons. The van der Waals surface area contributed by atoms with Gasteiger partial charge in [-0.2, -0.15) is 0 Å². The van der Waals surface area contributed by atoms with E-state index in [0.29, 0.717) is 18.2 Å². The molecule has 0 aromatic rings. The number of likely N-dealkylation sites (N-methyl/N-ethyl adjacent to an activating group) is 1. The van der Waals surface area contributed by atoms with Crippen LogP contribution in [-0.2, 0) is 4.79 Å². The van der Waals surface area contributed by atoms with Crippen molar-refractivity contribution in [1.29, 1.82) is 0 Å². The third kappa shape index (κ3) is 1.49. The van der Waals surface area contributed by atoms with Crippen LogP contribution in [0.5, 0.6) is 0 Å². The number of carbonyl (C=O) groups is 1. The number of thiocarbonyl (C=S) groups is 1. The van der Waals surface area contributed by atoms with E-state index in [1.807, 2.05) is 0 Å². The standard InChI is InChI=1S/C6H10N2O2S/c1-7-4-5(10)8(2-3-9)6(7)11/h9H,2-4H2,1H3. The van der Waals surface area contributed by atoms with Gasteiger partial charge in [0, 0.05) is 7.05 Å². The molecule has 1 rings (SSSR count). The zero-order chi connectivity index (χ0) is 8.43. The van der Waals surface area contributed by atoms with Gasteiger partial charge in [0.05, 0.1) is 19.7 Å². The van der Waals surface area contributed by atoms with Crippen molar-refractivity contribution in [3.63, 3.8) is 0 Å². The van der Waals surface area contributed by atoms with Crippen LogP contribution in [0.1, 0.15) is 0 Å². The van der Waals surface area contributed by atoms with Crippen LogP contribution in [0.2, 0.25) is 0 Å². The number of hydrogen-bond acceptors (Lipinski definition) is 3. The first-order chi connectivity index (χ1) is 5.16. The van der Waals surface area contributed by atoms with E-state index in [2.05, 4.69) is 0 Å². The molecule has 0 atom stereocenters. The molecule has 0 spiro atoms. The number of amides is 1. The Morgan fingerprint density at radius 2 is 2.36 bits per heavy atom. The lowest BCUT2D eigenvalue weighted by atomic mass is 10.5. The Labute approximate surface area is 70.4 Å². The molecule has 1 aliphatic rings. The first kappa shape index (κ1) is 8.42. The molecule has 5 heteroatoms. The molecule has 0 aliphatic carbocycles. The summed E-state index contributed by atoms with van der Waals surface area (Å²) < 4.78 is 0. The summed E-state index contributed by atoms with van der Waals surface area (Å²) in [5.74, 6) is -0.0356. The third-order valence-electron chi connectivity index (χ3n) is 1.55. The maximum atomic E-state index is 11.1. The largest absolute Gasteiger partial charge is 0.395 e. The molecule has 62 valence electrons. The highest BCUT2D eigenvalue weighted by Gasteiger charge is 2.29. The Hall–Kier alpha value is -0.680. The first-order valence-electron chi connectivity index (χ1n) is 3.33. The zero-order valence-corrected chi connectivity index (χ0v) is 7.10. The monoisotopic (exact) mass is 174 g/mol. The maximum absolute atomic E-state index is 11.1. The SMILES string of the molecule is CN1CC(=O)N(CCO)C1=S. The fourth-order valence-corrected chi connectivity index (χ4v) is 1.25. The molecule has 1 heterocycles. The van der Waals surface area contributed by atoms with Crippen LogP contribution in [0.3, 0.4) is 0 Å². The minimum Gasteiger partial charge on any atom is -0.395 e. The smallest absolute Gasteiger partial charge is 0.248 e. The molecule has 4 nitrogen and oxygen atoms in total. The van der Waals surface area contributed by atoms with Gasteiger partial charge in [-0.1, -0.05) is 0 Å². The molecule has 0 aromatic carbocycles. The van der Waals surface area contributed by atoms with Crippen molar-refractivity contribution in [3.05, 3.63) is 0 Å². The average molecular weight is 174 g/mol. The second-order valence-corrected chi connectivity index (χ2v) is 2.77. The highest BCUT2D eigenvalue weighted by atomic mass is 32.1. The summed E-state index contributed by atoms with van der Waals surface area (Å²) in [6, 6.07) is 0. The van der Waals surface area contributed by atoms with Crippen molar-refractivity contribution < 1.29 is 9.90 Å². The quantitative estimate of drug-likeness (QED) is 0.547. The van der Waals surface area contributed by atoms with Crippen molar-refractivity contribution >= 4 is 23.2 Å². The summed E-state index contributed by atoms with van der Waals surface area (Å²) >= 11 is 4.93. The number of aliphatic hydroxyl groups excluding tert-OH is 1. The van der Waals surface area contributed by atoms with Gasteiger partial charge in [-0.3, -0.25) is 9.69 Å². The Bertz CT molecular complexity index is 195. The van der Waals surface area contributed by atoms with E-state index in [9.17, 15) is 4.79 Å². The summed E-state index contributed by atoms with van der Waals surface area (Å²) in [6.07, 6.45) is 0. The third-order valence-corrected chi connectivity index (χ3v) is 2.09. The molecule has 0 bridgehead atoms. The summed E-state index contributed by atoms with van der Waals surface area (Å²) in [5, 5.41) is 9.08. The van der Waals surface area contributed by atoms with E-state index in [0.717, 1.165) is 0 Å². The second kappa shape index (κ2) is 3.15. The van der Waals surface area contributed by atoms with Gasteiger partial charge in [-0.15, -0.1) is 0 Å². The van der Waals surface area contributed by atoms with Crippen LogP contribution in [0.4, 0.5) is 0 Å². The first-order valence-corrected chi connectivity index (χ1v) is 3.74. The van der Waals surface area contributed by atoms with Gasteiger partial charge in [0.15, 0.2) is 5.11 Å². The lowest BCUT2D eigenvalue weighted by Gasteiger charge is -2.14. The van der Waals surface area contributed by atoms with Crippen LogP contribution in [0.25, 0.3) is 0 Å². The second-order valence-electron chi connectivity index (χ2n) is 2.41. The molecule has 1 N–H and O–H groups in total. The highest BCUT2D eigenvalue weighted by molar-refractivity contribution is 7.80. The van der Waals surface area contributed by atoms with E-state index in [4.69, 9.17) is 17.3 Å². The Morgan fingerprint density at radius 1 is 1.73 bits per heavy atom. The number of nitrogens with zero attached hydrogens (tertiary/aromatic N) is 2. The minimum atomic E-state index is -0.0419. The lowest BCUT2D eigenvalue weighted by molar-refractivity contribution is -0.125. The fraction of sp³-hybridized carbons (Fsp3) is 0.667. The average Bonchev–Trinajstić information content (AvgIpc) is 2.17. The number of carbonyl (C=O) groups excluding carboxylic acids is 1. The predicted octanol–water partition coefficient (Wildman–Crippen LogP) is -0.962. The van der Waals surface area contributed by atoms with E-state index in [1.54, 1.807) is 11.9 Å². The Balaban J connectivity index is 2.64. The van der Waals surface area contributed by atoms with Crippen molar-refractivity contribution in [1.82, 2.24) is 9.80 Å². The van der Waals surface area contributed by atoms with E-state index >= 15 is 0 Å². The number of aliphatic hydroxyl groups is 1. The van der Waals surface area contributed by atoms with Crippen LogP contribution in [0, 0.1) is 0 Å². The molecular formula is C6H10N2O2S. The molecule has 1 fully saturated rings. The summed E-state index contributed by atoms with van der Waals surface area (Å²) in [4.78, 5) is 14.2. The van der Waals surface area contributed by atoms with Gasteiger partial charge in [-0.25, -0.2) is 0 Å². The maximum Gasteiger partial charge on any atom is 0.248 e. The summed E-state index contributed by atoms with van der Waals surface area (Å²) in [7, 11) is 1.76. The molecule has 11 heavy (non-hydrogen) atoms. The summed E-state index contributed by atoms with van der Waals surface area (Å²) in [6.45, 7) is 0.598. The number of hydrogen-bond donors (Lipinski definition) is 1. The molecule has 1 aliphatic heterocycles. The van der Waals surface area contributed by atoms with Crippen LogP contribution < -0.4 is 0 Å². The minimum absolute atomic E-state index is 0.0356. The molecule has 1 amide bonds. The van der Waals surface area contributed by atoms with Gasteiger partial charge in [0.25, 0.3) is 0 Å². The predicted molar refractivity (Wildman–Crippen MR) is 44.0 cm³/mol. The van der Waals surface area contributed by atoms with Crippen LogP contribution in [0.15, 0.2) is 0 Å². The van der Waals surface area contributed by atoms with E-state index < -0.39 is 0 Å². The van der Waals surface area contributed by atoms with Crippen molar-refractivity contribution in [2.75, 3.05) is 26.7 Å². The van der Waals surface area contributed by atoms with Crippen LogP contribution >= 0.6 is 12.2 Å². The molecule has 0 unspecified atom stereocenters. The fourth-order valence-electron chi connectivity index (χ4n) is 0.989. The number of rotatable bonds is 2. The molecular weight excluding hydrogens is 164 g/mol. The molecule has 1 saturated heterocycles. The Morgan fingerprint density at radius 3 is 2.73 bits per heavy atom.